The summed E-state index contributed by atoms with van der Waals surface area (Å²) in [6.45, 7) is 1.99. The first kappa shape index (κ1) is 12.2. The summed E-state index contributed by atoms with van der Waals surface area (Å²) < 4.78 is 5.67. The van der Waals surface area contributed by atoms with Crippen molar-refractivity contribution < 1.29 is 4.42 Å². The second kappa shape index (κ2) is 5.02. The molecule has 3 aromatic rings. The van der Waals surface area contributed by atoms with E-state index in [1.165, 1.54) is 0 Å². The third-order valence-corrected chi connectivity index (χ3v) is 3.01. The highest BCUT2D eigenvalue weighted by Gasteiger charge is 2.10. The van der Waals surface area contributed by atoms with E-state index >= 15 is 0 Å². The van der Waals surface area contributed by atoms with Crippen molar-refractivity contribution in [3.05, 3.63) is 65.5 Å². The molecule has 0 amide bonds. The number of aromatic nitrogens is 1. The van der Waals surface area contributed by atoms with Crippen molar-refractivity contribution in [2.45, 2.75) is 6.92 Å². The summed E-state index contributed by atoms with van der Waals surface area (Å²) in [5.41, 5.74) is 3.94. The molecule has 0 aliphatic heterocycles. The van der Waals surface area contributed by atoms with Crippen molar-refractivity contribution >= 4 is 22.7 Å². The first-order valence-electron chi connectivity index (χ1n) is 6.31. The van der Waals surface area contributed by atoms with Gasteiger partial charge in [0.15, 0.2) is 5.58 Å². The molecule has 0 spiro atoms. The Morgan fingerprint density at radius 2 is 2.00 bits per heavy atom. The molecule has 20 heavy (non-hydrogen) atoms. The Hall–Kier alpha value is -2.86. The minimum Gasteiger partial charge on any atom is -0.435 e. The van der Waals surface area contributed by atoms with Gasteiger partial charge in [-0.2, -0.15) is 5.26 Å². The van der Waals surface area contributed by atoms with Gasteiger partial charge in [-0.25, -0.2) is 4.98 Å². The lowest BCUT2D eigenvalue weighted by Crippen LogP contribution is -1.81. The smallest absolute Gasteiger partial charge is 0.238 e. The summed E-state index contributed by atoms with van der Waals surface area (Å²) in [6, 6.07) is 17.6. The average Bonchev–Trinajstić information content (AvgIpc) is 2.88. The van der Waals surface area contributed by atoms with Crippen LogP contribution in [0.25, 0.3) is 22.7 Å². The quantitative estimate of drug-likeness (QED) is 0.649. The van der Waals surface area contributed by atoms with Gasteiger partial charge < -0.3 is 4.42 Å². The lowest BCUT2D eigenvalue weighted by Gasteiger charge is -1.93. The van der Waals surface area contributed by atoms with Crippen LogP contribution in [0.2, 0.25) is 0 Å². The van der Waals surface area contributed by atoms with Gasteiger partial charge in [-0.15, -0.1) is 0 Å². The number of oxazole rings is 1. The van der Waals surface area contributed by atoms with Crippen LogP contribution in [0, 0.1) is 18.3 Å². The number of allylic oxidation sites excluding steroid dienone is 1. The maximum Gasteiger partial charge on any atom is 0.238 e. The summed E-state index contributed by atoms with van der Waals surface area (Å²) >= 11 is 0. The predicted molar refractivity (Wildman–Crippen MR) is 78.7 cm³/mol. The number of nitrogens with zero attached hydrogens (tertiary/aromatic N) is 2. The van der Waals surface area contributed by atoms with Crippen molar-refractivity contribution in [3.8, 4) is 6.07 Å². The SMILES string of the molecule is Cc1ccc2nc(/C(C#N)=C\c3ccccc3)oc2c1. The topological polar surface area (TPSA) is 49.8 Å². The third kappa shape index (κ3) is 2.32. The van der Waals surface area contributed by atoms with Gasteiger partial charge in [-0.1, -0.05) is 36.4 Å². The Labute approximate surface area is 116 Å². The Morgan fingerprint density at radius 1 is 1.20 bits per heavy atom. The highest BCUT2D eigenvalue weighted by atomic mass is 16.3. The lowest BCUT2D eigenvalue weighted by molar-refractivity contribution is 0.586. The summed E-state index contributed by atoms with van der Waals surface area (Å²) in [6.07, 6.45) is 1.78. The Balaban J connectivity index is 2.08. The molecule has 1 heterocycles. The fourth-order valence-electron chi connectivity index (χ4n) is 2.00. The van der Waals surface area contributed by atoms with E-state index in [-0.39, 0.29) is 0 Å². The van der Waals surface area contributed by atoms with Crippen LogP contribution in [0.5, 0.6) is 0 Å². The molecule has 0 N–H and O–H groups in total. The second-order valence-electron chi connectivity index (χ2n) is 4.57. The first-order valence-corrected chi connectivity index (χ1v) is 6.31. The molecule has 0 aliphatic rings. The van der Waals surface area contributed by atoms with Gasteiger partial charge in [0.2, 0.25) is 5.89 Å². The van der Waals surface area contributed by atoms with E-state index in [4.69, 9.17) is 4.42 Å². The molecule has 0 aliphatic carbocycles. The molecule has 2 aromatic carbocycles. The minimum atomic E-state index is 0.358. The number of fused-ring (bicyclic) bond motifs is 1. The Bertz CT molecular complexity index is 823. The normalized spacial score (nSPS) is 11.5. The van der Waals surface area contributed by atoms with Crippen LogP contribution in [0.1, 0.15) is 17.0 Å². The molecule has 0 bridgehead atoms. The number of rotatable bonds is 2. The molecule has 0 saturated carbocycles. The highest BCUT2D eigenvalue weighted by molar-refractivity contribution is 5.88. The van der Waals surface area contributed by atoms with Crippen LogP contribution in [0.4, 0.5) is 0 Å². The predicted octanol–water partition coefficient (Wildman–Crippen LogP) is 4.20. The van der Waals surface area contributed by atoms with Gasteiger partial charge in [0, 0.05) is 0 Å². The molecule has 3 nitrogen and oxygen atoms in total. The highest BCUT2D eigenvalue weighted by Crippen LogP contribution is 2.23. The number of hydrogen-bond donors (Lipinski definition) is 0. The zero-order chi connectivity index (χ0) is 13.9. The molecule has 1 aromatic heterocycles. The average molecular weight is 260 g/mol. The van der Waals surface area contributed by atoms with E-state index in [0.29, 0.717) is 17.0 Å². The van der Waals surface area contributed by atoms with Crippen LogP contribution in [0.3, 0.4) is 0 Å². The van der Waals surface area contributed by atoms with Crippen LogP contribution in [-0.4, -0.2) is 4.98 Å². The molecule has 0 atom stereocenters. The second-order valence-corrected chi connectivity index (χ2v) is 4.57. The molecule has 0 saturated heterocycles. The van der Waals surface area contributed by atoms with Crippen molar-refractivity contribution in [2.24, 2.45) is 0 Å². The molecular weight excluding hydrogens is 248 g/mol. The molecule has 96 valence electrons. The van der Waals surface area contributed by atoms with Crippen molar-refractivity contribution in [1.82, 2.24) is 4.98 Å². The number of nitriles is 1. The van der Waals surface area contributed by atoms with Gasteiger partial charge in [0.1, 0.15) is 17.2 Å². The van der Waals surface area contributed by atoms with E-state index in [0.717, 1.165) is 16.6 Å². The largest absolute Gasteiger partial charge is 0.435 e. The molecule has 0 radical (unpaired) electrons. The van der Waals surface area contributed by atoms with Gasteiger partial charge >= 0.3 is 0 Å². The maximum atomic E-state index is 9.30. The minimum absolute atomic E-state index is 0.358. The monoisotopic (exact) mass is 260 g/mol. The van der Waals surface area contributed by atoms with E-state index in [2.05, 4.69) is 11.1 Å². The zero-order valence-electron chi connectivity index (χ0n) is 11.0. The summed E-state index contributed by atoms with van der Waals surface area (Å²) in [7, 11) is 0. The van der Waals surface area contributed by atoms with Gasteiger partial charge in [0.05, 0.1) is 0 Å². The Morgan fingerprint density at radius 3 is 2.75 bits per heavy atom. The van der Waals surface area contributed by atoms with Crippen molar-refractivity contribution in [2.75, 3.05) is 0 Å². The molecule has 3 heteroatoms. The van der Waals surface area contributed by atoms with Crippen LogP contribution in [0.15, 0.2) is 52.9 Å². The summed E-state index contributed by atoms with van der Waals surface area (Å²) in [5, 5.41) is 9.30. The Kier molecular flexibility index (Phi) is 3.06. The van der Waals surface area contributed by atoms with E-state index in [9.17, 15) is 5.26 Å². The van der Waals surface area contributed by atoms with Crippen LogP contribution >= 0.6 is 0 Å². The van der Waals surface area contributed by atoms with E-state index in [1.54, 1.807) is 6.08 Å². The van der Waals surface area contributed by atoms with Gasteiger partial charge in [-0.3, -0.25) is 0 Å². The first-order chi connectivity index (χ1) is 9.76. The number of hydrogen-bond acceptors (Lipinski definition) is 3. The molecular formula is C17H12N2O. The van der Waals surface area contributed by atoms with Crippen molar-refractivity contribution in [3.63, 3.8) is 0 Å². The fourth-order valence-corrected chi connectivity index (χ4v) is 2.00. The van der Waals surface area contributed by atoms with E-state index in [1.807, 2.05) is 55.5 Å². The third-order valence-electron chi connectivity index (χ3n) is 3.01. The van der Waals surface area contributed by atoms with Gasteiger partial charge in [0.25, 0.3) is 0 Å². The maximum absolute atomic E-state index is 9.30. The van der Waals surface area contributed by atoms with Crippen LogP contribution in [-0.2, 0) is 0 Å². The fraction of sp³-hybridized carbons (Fsp3) is 0.0588. The van der Waals surface area contributed by atoms with E-state index < -0.39 is 0 Å². The summed E-state index contributed by atoms with van der Waals surface area (Å²) in [5.74, 6) is 0.358. The number of benzene rings is 2. The summed E-state index contributed by atoms with van der Waals surface area (Å²) in [4.78, 5) is 4.36. The standard InChI is InChI=1S/C17H12N2O/c1-12-7-8-15-16(9-12)20-17(19-15)14(11-18)10-13-5-3-2-4-6-13/h2-10H,1H3/b14-10-. The zero-order valence-corrected chi connectivity index (χ0v) is 11.0. The number of aryl methyl sites for hydroxylation is 1. The lowest BCUT2D eigenvalue weighted by atomic mass is 10.1. The van der Waals surface area contributed by atoms with Crippen LogP contribution < -0.4 is 0 Å². The molecule has 0 unspecified atom stereocenters. The van der Waals surface area contributed by atoms with Crippen molar-refractivity contribution in [1.29, 1.82) is 5.26 Å². The molecule has 3 rings (SSSR count). The van der Waals surface area contributed by atoms with Gasteiger partial charge in [-0.05, 0) is 36.3 Å². The molecule has 0 fully saturated rings.